The lowest BCUT2D eigenvalue weighted by atomic mass is 9.77. The van der Waals surface area contributed by atoms with Gasteiger partial charge in [0.25, 0.3) is 0 Å². The summed E-state index contributed by atoms with van der Waals surface area (Å²) in [5.74, 6) is -0.156. The van der Waals surface area contributed by atoms with E-state index >= 15 is 0 Å². The Labute approximate surface area is 130 Å². The number of hydrogen-bond donors (Lipinski definition) is 2. The minimum absolute atomic E-state index is 0.100. The van der Waals surface area contributed by atoms with Crippen LogP contribution in [0.4, 0.5) is 21.5 Å². The molecule has 0 fully saturated rings. The summed E-state index contributed by atoms with van der Waals surface area (Å²) in [4.78, 5) is 1.95. The molecule has 1 aliphatic heterocycles. The molecule has 3 rings (SSSR count). The number of anilines is 3. The summed E-state index contributed by atoms with van der Waals surface area (Å²) in [6, 6.07) is 10.3. The number of phenolic OH excluding ortho intramolecular Hbond substituents is 1. The Hall–Kier alpha value is -2.23. The molecule has 4 heteroatoms. The standard InChI is InChI=1S/C18H21FN2O/c1-3-18(4-2)11-21(14-8-6-5-7-13(14)20)17-15(22)10-9-12(19)16(17)18/h5-10,22H,3-4,11,20H2,1-2H3. The molecule has 1 aliphatic rings. The van der Waals surface area contributed by atoms with Crippen molar-refractivity contribution in [1.29, 1.82) is 0 Å². The molecule has 3 nitrogen and oxygen atoms in total. The van der Waals surface area contributed by atoms with Gasteiger partial charge in [-0.2, -0.15) is 0 Å². The Morgan fingerprint density at radius 3 is 2.50 bits per heavy atom. The number of fused-ring (bicyclic) bond motifs is 1. The topological polar surface area (TPSA) is 49.5 Å². The van der Waals surface area contributed by atoms with Gasteiger partial charge in [-0.1, -0.05) is 26.0 Å². The molecule has 0 unspecified atom stereocenters. The first-order chi connectivity index (χ1) is 10.5. The van der Waals surface area contributed by atoms with Crippen LogP contribution in [0.5, 0.6) is 5.75 Å². The molecule has 0 radical (unpaired) electrons. The molecule has 0 amide bonds. The maximum atomic E-state index is 14.6. The van der Waals surface area contributed by atoms with E-state index < -0.39 is 0 Å². The Morgan fingerprint density at radius 1 is 1.18 bits per heavy atom. The molecule has 22 heavy (non-hydrogen) atoms. The van der Waals surface area contributed by atoms with Gasteiger partial charge in [-0.25, -0.2) is 4.39 Å². The quantitative estimate of drug-likeness (QED) is 0.830. The number of para-hydroxylation sites is 2. The van der Waals surface area contributed by atoms with Gasteiger partial charge in [0, 0.05) is 17.5 Å². The van der Waals surface area contributed by atoms with Gasteiger partial charge in [-0.3, -0.25) is 0 Å². The van der Waals surface area contributed by atoms with Gasteiger partial charge >= 0.3 is 0 Å². The highest BCUT2D eigenvalue weighted by Gasteiger charge is 2.44. The van der Waals surface area contributed by atoms with Crippen LogP contribution in [0.3, 0.4) is 0 Å². The summed E-state index contributed by atoms with van der Waals surface area (Å²) in [7, 11) is 0. The second kappa shape index (κ2) is 5.20. The molecule has 1 heterocycles. The van der Waals surface area contributed by atoms with E-state index in [2.05, 4.69) is 13.8 Å². The third-order valence-electron chi connectivity index (χ3n) is 4.95. The van der Waals surface area contributed by atoms with E-state index in [-0.39, 0.29) is 17.0 Å². The number of hydrogen-bond acceptors (Lipinski definition) is 3. The normalized spacial score (nSPS) is 15.9. The zero-order chi connectivity index (χ0) is 15.9. The number of rotatable bonds is 3. The van der Waals surface area contributed by atoms with E-state index in [1.165, 1.54) is 12.1 Å². The number of nitrogens with zero attached hydrogens (tertiary/aromatic N) is 1. The summed E-state index contributed by atoms with van der Waals surface area (Å²) in [6.07, 6.45) is 1.61. The zero-order valence-electron chi connectivity index (χ0n) is 12.9. The highest BCUT2D eigenvalue weighted by atomic mass is 19.1. The fourth-order valence-electron chi connectivity index (χ4n) is 3.56. The van der Waals surface area contributed by atoms with Crippen LogP contribution < -0.4 is 10.6 Å². The molecule has 0 spiro atoms. The van der Waals surface area contributed by atoms with Crippen LogP contribution in [0.2, 0.25) is 0 Å². The van der Waals surface area contributed by atoms with Crippen molar-refractivity contribution in [2.45, 2.75) is 32.1 Å². The van der Waals surface area contributed by atoms with Crippen molar-refractivity contribution in [3.63, 3.8) is 0 Å². The van der Waals surface area contributed by atoms with Crippen molar-refractivity contribution in [2.75, 3.05) is 17.2 Å². The molecular weight excluding hydrogens is 279 g/mol. The van der Waals surface area contributed by atoms with Crippen LogP contribution in [0, 0.1) is 5.82 Å². The molecule has 2 aromatic carbocycles. The van der Waals surface area contributed by atoms with E-state index in [1.807, 2.05) is 29.2 Å². The van der Waals surface area contributed by atoms with Gasteiger partial charge in [0.2, 0.25) is 0 Å². The Balaban J connectivity index is 2.27. The molecule has 116 valence electrons. The van der Waals surface area contributed by atoms with Crippen molar-refractivity contribution in [3.05, 3.63) is 47.8 Å². The van der Waals surface area contributed by atoms with Crippen molar-refractivity contribution < 1.29 is 9.50 Å². The average molecular weight is 300 g/mol. The van der Waals surface area contributed by atoms with Gasteiger partial charge in [0.15, 0.2) is 0 Å². The first-order valence-electron chi connectivity index (χ1n) is 7.68. The molecular formula is C18H21FN2O. The minimum atomic E-state index is -0.305. The number of aromatic hydroxyl groups is 1. The lowest BCUT2D eigenvalue weighted by Gasteiger charge is -2.28. The highest BCUT2D eigenvalue weighted by molar-refractivity contribution is 5.83. The van der Waals surface area contributed by atoms with E-state index in [1.54, 1.807) is 0 Å². The third-order valence-corrected chi connectivity index (χ3v) is 4.95. The Kier molecular flexibility index (Phi) is 3.47. The van der Waals surface area contributed by atoms with Gasteiger partial charge < -0.3 is 15.7 Å². The lowest BCUT2D eigenvalue weighted by Crippen LogP contribution is -2.31. The predicted octanol–water partition coefficient (Wildman–Crippen LogP) is 4.32. The summed E-state index contributed by atoms with van der Waals surface area (Å²) in [6.45, 7) is 4.75. The van der Waals surface area contributed by atoms with Crippen LogP contribution in [0.25, 0.3) is 0 Å². The molecule has 0 aliphatic carbocycles. The molecule has 0 saturated heterocycles. The van der Waals surface area contributed by atoms with Crippen molar-refractivity contribution in [1.82, 2.24) is 0 Å². The monoisotopic (exact) mass is 300 g/mol. The predicted molar refractivity (Wildman–Crippen MR) is 88.2 cm³/mol. The zero-order valence-corrected chi connectivity index (χ0v) is 12.9. The molecule has 3 N–H and O–H groups in total. The second-order valence-electron chi connectivity index (χ2n) is 5.92. The smallest absolute Gasteiger partial charge is 0.139 e. The second-order valence-corrected chi connectivity index (χ2v) is 5.92. The maximum absolute atomic E-state index is 14.6. The third kappa shape index (κ3) is 1.94. The van der Waals surface area contributed by atoms with Crippen molar-refractivity contribution >= 4 is 17.1 Å². The Bertz CT molecular complexity index is 710. The van der Waals surface area contributed by atoms with Crippen LogP contribution in [-0.4, -0.2) is 11.7 Å². The first kappa shape index (κ1) is 14.7. The number of halogens is 1. The largest absolute Gasteiger partial charge is 0.506 e. The number of nitrogen functional groups attached to an aromatic ring is 1. The van der Waals surface area contributed by atoms with E-state index in [0.717, 1.165) is 18.5 Å². The van der Waals surface area contributed by atoms with Gasteiger partial charge in [0.1, 0.15) is 11.6 Å². The first-order valence-corrected chi connectivity index (χ1v) is 7.68. The summed E-state index contributed by atoms with van der Waals surface area (Å²) in [5.41, 5.74) is 8.40. The van der Waals surface area contributed by atoms with Crippen LogP contribution >= 0.6 is 0 Å². The van der Waals surface area contributed by atoms with Crippen molar-refractivity contribution in [2.24, 2.45) is 0 Å². The van der Waals surface area contributed by atoms with Crippen molar-refractivity contribution in [3.8, 4) is 5.75 Å². The Morgan fingerprint density at radius 2 is 1.86 bits per heavy atom. The van der Waals surface area contributed by atoms with Crippen LogP contribution in [0.15, 0.2) is 36.4 Å². The lowest BCUT2D eigenvalue weighted by molar-refractivity contribution is 0.408. The highest BCUT2D eigenvalue weighted by Crippen LogP contribution is 2.53. The fraction of sp³-hybridized carbons (Fsp3) is 0.333. The van der Waals surface area contributed by atoms with Gasteiger partial charge in [-0.05, 0) is 37.1 Å². The average Bonchev–Trinajstić information content (AvgIpc) is 2.88. The fourth-order valence-corrected chi connectivity index (χ4v) is 3.56. The molecule has 0 bridgehead atoms. The van der Waals surface area contributed by atoms with E-state index in [9.17, 15) is 9.50 Å². The van der Waals surface area contributed by atoms with E-state index in [0.29, 0.717) is 23.5 Å². The number of phenols is 1. The summed E-state index contributed by atoms with van der Waals surface area (Å²) >= 11 is 0. The number of nitrogens with two attached hydrogens (primary N) is 1. The summed E-state index contributed by atoms with van der Waals surface area (Å²) in [5, 5.41) is 10.4. The number of benzene rings is 2. The van der Waals surface area contributed by atoms with Crippen LogP contribution in [-0.2, 0) is 5.41 Å². The molecule has 0 saturated carbocycles. The SMILES string of the molecule is CCC1(CC)CN(c2ccccc2N)c2c(O)ccc(F)c21. The van der Waals surface area contributed by atoms with Crippen LogP contribution in [0.1, 0.15) is 32.3 Å². The summed E-state index contributed by atoms with van der Waals surface area (Å²) < 4.78 is 14.6. The molecule has 2 aromatic rings. The maximum Gasteiger partial charge on any atom is 0.139 e. The molecule has 0 aromatic heterocycles. The molecule has 0 atom stereocenters. The van der Waals surface area contributed by atoms with Gasteiger partial charge in [-0.15, -0.1) is 0 Å². The van der Waals surface area contributed by atoms with Gasteiger partial charge in [0.05, 0.1) is 17.1 Å². The minimum Gasteiger partial charge on any atom is -0.506 e. The van der Waals surface area contributed by atoms with E-state index in [4.69, 9.17) is 5.73 Å².